The molecular formula is C14H18F2N2O2S. The molecule has 1 aliphatic rings. The molecule has 1 saturated carbocycles. The third kappa shape index (κ3) is 4.06. The molecule has 2 unspecified atom stereocenters. The highest BCUT2D eigenvalue weighted by Crippen LogP contribution is 2.34. The summed E-state index contributed by atoms with van der Waals surface area (Å²) in [5.74, 6) is 0. The van der Waals surface area contributed by atoms with E-state index in [2.05, 4.69) is 11.6 Å². The monoisotopic (exact) mass is 316 g/mol. The van der Waals surface area contributed by atoms with Crippen molar-refractivity contribution in [2.45, 2.75) is 43.4 Å². The number of halogens is 2. The van der Waals surface area contributed by atoms with Gasteiger partial charge in [0.2, 0.25) is 0 Å². The zero-order valence-corrected chi connectivity index (χ0v) is 12.5. The van der Waals surface area contributed by atoms with Crippen LogP contribution >= 0.6 is 11.8 Å². The molecule has 21 heavy (non-hydrogen) atoms. The fourth-order valence-electron chi connectivity index (χ4n) is 2.69. The van der Waals surface area contributed by atoms with E-state index in [0.29, 0.717) is 10.9 Å². The Hall–Kier alpha value is -1.37. The van der Waals surface area contributed by atoms with Gasteiger partial charge in [0.15, 0.2) is 0 Å². The van der Waals surface area contributed by atoms with Crippen molar-refractivity contribution in [2.75, 3.05) is 11.6 Å². The summed E-state index contributed by atoms with van der Waals surface area (Å²) in [6, 6.07) is 3.77. The van der Waals surface area contributed by atoms with E-state index in [0.717, 1.165) is 31.7 Å². The number of hydrogen-bond acceptors (Lipinski definition) is 4. The van der Waals surface area contributed by atoms with Crippen LogP contribution in [-0.2, 0) is 0 Å². The van der Waals surface area contributed by atoms with E-state index in [9.17, 15) is 18.9 Å². The lowest BCUT2D eigenvalue weighted by Crippen LogP contribution is -2.28. The number of rotatable bonds is 5. The Morgan fingerprint density at radius 1 is 1.43 bits per heavy atom. The van der Waals surface area contributed by atoms with Gasteiger partial charge >= 0.3 is 0 Å². The number of nitrogens with zero attached hydrogens (tertiary/aromatic N) is 1. The van der Waals surface area contributed by atoms with Gasteiger partial charge in [0.05, 0.1) is 4.92 Å². The molecule has 0 saturated heterocycles. The summed E-state index contributed by atoms with van der Waals surface area (Å²) >= 11 is 1.80. The fraction of sp³-hybridized carbons (Fsp3) is 0.571. The van der Waals surface area contributed by atoms with Crippen LogP contribution in [0.4, 0.5) is 20.2 Å². The van der Waals surface area contributed by atoms with Crippen LogP contribution < -0.4 is 5.32 Å². The highest BCUT2D eigenvalue weighted by molar-refractivity contribution is 7.99. The van der Waals surface area contributed by atoms with Gasteiger partial charge in [-0.05, 0) is 31.6 Å². The predicted octanol–water partition coefficient (Wildman–Crippen LogP) is 4.62. The lowest BCUT2D eigenvalue weighted by Gasteiger charge is -2.30. The van der Waals surface area contributed by atoms with Crippen LogP contribution in [0.2, 0.25) is 0 Å². The van der Waals surface area contributed by atoms with Gasteiger partial charge < -0.3 is 5.32 Å². The van der Waals surface area contributed by atoms with Gasteiger partial charge in [-0.15, -0.1) is 0 Å². The van der Waals surface area contributed by atoms with Crippen LogP contribution in [0.1, 0.15) is 37.7 Å². The number of thioether (sulfide) groups is 1. The third-order valence-corrected chi connectivity index (χ3v) is 4.89. The molecule has 0 amide bonds. The number of benzene rings is 1. The summed E-state index contributed by atoms with van der Waals surface area (Å²) in [5, 5.41) is 14.4. The van der Waals surface area contributed by atoms with Gasteiger partial charge in [0.25, 0.3) is 12.1 Å². The van der Waals surface area contributed by atoms with Crippen molar-refractivity contribution in [1.82, 2.24) is 0 Å². The Bertz CT molecular complexity index is 514. The summed E-state index contributed by atoms with van der Waals surface area (Å²) in [7, 11) is 0. The van der Waals surface area contributed by atoms with Crippen molar-refractivity contribution >= 4 is 23.1 Å². The molecule has 1 aromatic rings. The zero-order chi connectivity index (χ0) is 15.4. The normalized spacial score (nSPS) is 22.3. The predicted molar refractivity (Wildman–Crippen MR) is 81.2 cm³/mol. The Balaban J connectivity index is 2.17. The van der Waals surface area contributed by atoms with Gasteiger partial charge in [-0.1, -0.05) is 6.42 Å². The second-order valence-corrected chi connectivity index (χ2v) is 6.33. The van der Waals surface area contributed by atoms with Crippen LogP contribution in [0, 0.1) is 10.1 Å². The lowest BCUT2D eigenvalue weighted by molar-refractivity contribution is -0.385. The first-order valence-electron chi connectivity index (χ1n) is 6.87. The molecule has 1 fully saturated rings. The molecule has 0 radical (unpaired) electrons. The van der Waals surface area contributed by atoms with Crippen LogP contribution in [0.5, 0.6) is 0 Å². The maximum absolute atomic E-state index is 13.1. The highest BCUT2D eigenvalue weighted by atomic mass is 32.2. The Labute approximate surface area is 126 Å². The van der Waals surface area contributed by atoms with Gasteiger partial charge in [0, 0.05) is 34.7 Å². The molecular weight excluding hydrogens is 298 g/mol. The molecule has 0 aromatic heterocycles. The van der Waals surface area contributed by atoms with Crippen molar-refractivity contribution in [2.24, 2.45) is 0 Å². The summed E-state index contributed by atoms with van der Waals surface area (Å²) in [6.07, 6.45) is 3.43. The molecule has 0 heterocycles. The van der Waals surface area contributed by atoms with Crippen molar-refractivity contribution in [3.63, 3.8) is 0 Å². The smallest absolute Gasteiger partial charge is 0.270 e. The molecule has 7 heteroatoms. The molecule has 2 atom stereocenters. The molecule has 2 rings (SSSR count). The SMILES string of the molecule is CSC1CCCC(Nc2ccc([N+](=O)[O-])cc2C(F)F)C1. The van der Waals surface area contributed by atoms with Crippen molar-refractivity contribution in [3.05, 3.63) is 33.9 Å². The number of nitro groups is 1. The van der Waals surface area contributed by atoms with Gasteiger partial charge in [-0.2, -0.15) is 11.8 Å². The van der Waals surface area contributed by atoms with E-state index in [4.69, 9.17) is 0 Å². The third-order valence-electron chi connectivity index (χ3n) is 3.80. The van der Waals surface area contributed by atoms with Crippen LogP contribution in [0.3, 0.4) is 0 Å². The van der Waals surface area contributed by atoms with Crippen LogP contribution in [0.15, 0.2) is 18.2 Å². The van der Waals surface area contributed by atoms with E-state index in [1.165, 1.54) is 12.1 Å². The summed E-state index contributed by atoms with van der Waals surface area (Å²) in [4.78, 5) is 10.0. The second-order valence-electron chi connectivity index (χ2n) is 5.19. The number of alkyl halides is 2. The topological polar surface area (TPSA) is 55.2 Å². The quantitative estimate of drug-likeness (QED) is 0.636. The van der Waals surface area contributed by atoms with E-state index < -0.39 is 11.3 Å². The molecule has 0 bridgehead atoms. The number of nitro benzene ring substituents is 1. The Kier molecular flexibility index (Phi) is 5.39. The van der Waals surface area contributed by atoms with E-state index >= 15 is 0 Å². The van der Waals surface area contributed by atoms with Crippen molar-refractivity contribution < 1.29 is 13.7 Å². The first-order valence-corrected chi connectivity index (χ1v) is 8.16. The minimum atomic E-state index is -2.73. The Morgan fingerprint density at radius 3 is 2.81 bits per heavy atom. The van der Waals surface area contributed by atoms with E-state index in [1.54, 1.807) is 11.8 Å². The molecule has 116 valence electrons. The Morgan fingerprint density at radius 2 is 2.19 bits per heavy atom. The number of anilines is 1. The first kappa shape index (κ1) is 16.0. The summed E-state index contributed by atoms with van der Waals surface area (Å²) < 4.78 is 26.2. The largest absolute Gasteiger partial charge is 0.382 e. The van der Waals surface area contributed by atoms with Gasteiger partial charge in [0.1, 0.15) is 0 Å². The lowest BCUT2D eigenvalue weighted by atomic mass is 9.94. The molecule has 1 aliphatic carbocycles. The van der Waals surface area contributed by atoms with Gasteiger partial charge in [-0.25, -0.2) is 8.78 Å². The zero-order valence-electron chi connectivity index (χ0n) is 11.7. The average molecular weight is 316 g/mol. The van der Waals surface area contributed by atoms with Crippen molar-refractivity contribution in [3.8, 4) is 0 Å². The van der Waals surface area contributed by atoms with Crippen molar-refractivity contribution in [1.29, 1.82) is 0 Å². The fourth-order valence-corrected chi connectivity index (χ4v) is 3.51. The minimum absolute atomic E-state index is 0.148. The number of non-ortho nitro benzene ring substituents is 1. The minimum Gasteiger partial charge on any atom is -0.382 e. The summed E-state index contributed by atoms with van der Waals surface area (Å²) in [5.41, 5.74) is -0.292. The second kappa shape index (κ2) is 7.06. The highest BCUT2D eigenvalue weighted by Gasteiger charge is 2.24. The first-order chi connectivity index (χ1) is 10.0. The van der Waals surface area contributed by atoms with Crippen LogP contribution in [-0.4, -0.2) is 22.5 Å². The average Bonchev–Trinajstić information content (AvgIpc) is 2.47. The van der Waals surface area contributed by atoms with Crippen LogP contribution in [0.25, 0.3) is 0 Å². The van der Waals surface area contributed by atoms with Gasteiger partial charge in [-0.3, -0.25) is 10.1 Å². The number of nitrogens with one attached hydrogen (secondary N) is 1. The molecule has 1 aromatic carbocycles. The molecule has 4 nitrogen and oxygen atoms in total. The standard InChI is InChI=1S/C14H18F2N2O2S/c1-21-11-4-2-3-9(7-11)17-13-6-5-10(18(19)20)8-12(13)14(15)16/h5-6,8-9,11,14,17H,2-4,7H2,1H3. The van der Waals surface area contributed by atoms with E-state index in [1.807, 2.05) is 0 Å². The molecule has 0 spiro atoms. The molecule has 0 aliphatic heterocycles. The van der Waals surface area contributed by atoms with E-state index in [-0.39, 0.29) is 17.3 Å². The number of hydrogen-bond donors (Lipinski definition) is 1. The maximum atomic E-state index is 13.1. The molecule has 1 N–H and O–H groups in total. The maximum Gasteiger partial charge on any atom is 0.270 e. The summed E-state index contributed by atoms with van der Waals surface area (Å²) in [6.45, 7) is 0.